The zero-order valence-electron chi connectivity index (χ0n) is 11.1. The molecule has 2 rings (SSSR count). The van der Waals surface area contributed by atoms with Crippen LogP contribution in [0.4, 0.5) is 0 Å². The number of methoxy groups -OCH3 is 1. The monoisotopic (exact) mass is 267 g/mol. The molecule has 1 aromatic carbocycles. The maximum Gasteiger partial charge on any atom is 0.119 e. The predicted molar refractivity (Wildman–Crippen MR) is 75.6 cm³/mol. The highest BCUT2D eigenvalue weighted by atomic mass is 32.2. The molecule has 1 aromatic rings. The molecule has 0 radical (unpaired) electrons. The highest BCUT2D eigenvalue weighted by molar-refractivity contribution is 7.84. The maximum absolute atomic E-state index is 11.1. The average molecular weight is 267 g/mol. The lowest BCUT2D eigenvalue weighted by molar-refractivity contribution is 0.411. The Balaban J connectivity index is 2.05. The Hall–Kier alpha value is -0.870. The van der Waals surface area contributed by atoms with Crippen molar-refractivity contribution >= 4 is 10.8 Å². The number of rotatable bonds is 5. The molecule has 3 nitrogen and oxygen atoms in total. The van der Waals surface area contributed by atoms with Gasteiger partial charge in [0.15, 0.2) is 0 Å². The van der Waals surface area contributed by atoms with Gasteiger partial charge in [0, 0.05) is 35.4 Å². The molecular formula is C14H21NO2S. The molecule has 1 aliphatic rings. The highest BCUT2D eigenvalue weighted by Crippen LogP contribution is 2.31. The Morgan fingerprint density at radius 1 is 1.50 bits per heavy atom. The first-order chi connectivity index (χ1) is 8.70. The van der Waals surface area contributed by atoms with E-state index in [9.17, 15) is 4.21 Å². The van der Waals surface area contributed by atoms with Crippen LogP contribution < -0.4 is 10.1 Å². The second kappa shape index (κ2) is 6.34. The summed E-state index contributed by atoms with van der Waals surface area (Å²) in [6.45, 7) is 0.819. The Morgan fingerprint density at radius 3 is 3.06 bits per heavy atom. The third-order valence-electron chi connectivity index (χ3n) is 3.44. The summed E-state index contributed by atoms with van der Waals surface area (Å²) >= 11 is 0. The minimum atomic E-state index is -0.715. The van der Waals surface area contributed by atoms with Gasteiger partial charge >= 0.3 is 0 Å². The molecular weight excluding hydrogens is 246 g/mol. The lowest BCUT2D eigenvalue weighted by atomic mass is 9.87. The van der Waals surface area contributed by atoms with Crippen LogP contribution in [0.1, 0.15) is 30.0 Å². The summed E-state index contributed by atoms with van der Waals surface area (Å²) < 4.78 is 16.3. The van der Waals surface area contributed by atoms with Gasteiger partial charge in [-0.3, -0.25) is 4.21 Å². The molecule has 2 atom stereocenters. The number of nitrogens with one attached hydrogen (secondary N) is 1. The lowest BCUT2D eigenvalue weighted by Crippen LogP contribution is -2.28. The van der Waals surface area contributed by atoms with Crippen molar-refractivity contribution in [3.05, 3.63) is 29.3 Å². The summed E-state index contributed by atoms with van der Waals surface area (Å²) in [4.78, 5) is 0. The molecule has 2 unspecified atom stereocenters. The van der Waals surface area contributed by atoms with E-state index in [0.29, 0.717) is 6.04 Å². The van der Waals surface area contributed by atoms with Crippen molar-refractivity contribution in [3.63, 3.8) is 0 Å². The van der Waals surface area contributed by atoms with Gasteiger partial charge in [-0.2, -0.15) is 0 Å². The van der Waals surface area contributed by atoms with Crippen LogP contribution in [-0.2, 0) is 17.2 Å². The van der Waals surface area contributed by atoms with Gasteiger partial charge in [-0.05, 0) is 42.5 Å². The molecule has 1 aliphatic carbocycles. The number of aryl methyl sites for hydroxylation is 1. The SMILES string of the molecule is COc1ccc2c(c1)CCCC2NCCS(C)=O. The lowest BCUT2D eigenvalue weighted by Gasteiger charge is -2.26. The van der Waals surface area contributed by atoms with Crippen LogP contribution in [-0.4, -0.2) is 29.9 Å². The van der Waals surface area contributed by atoms with Crippen LogP contribution in [0.15, 0.2) is 18.2 Å². The van der Waals surface area contributed by atoms with Crippen LogP contribution in [0.25, 0.3) is 0 Å². The second-order valence-electron chi connectivity index (χ2n) is 4.74. The number of benzene rings is 1. The van der Waals surface area contributed by atoms with Gasteiger partial charge in [0.25, 0.3) is 0 Å². The number of ether oxygens (including phenoxy) is 1. The largest absolute Gasteiger partial charge is 0.497 e. The van der Waals surface area contributed by atoms with Crippen molar-refractivity contribution in [3.8, 4) is 5.75 Å². The Bertz CT molecular complexity index is 434. The summed E-state index contributed by atoms with van der Waals surface area (Å²) in [5, 5.41) is 3.51. The van der Waals surface area contributed by atoms with Crippen molar-refractivity contribution in [2.45, 2.75) is 25.3 Å². The third kappa shape index (κ3) is 3.33. The van der Waals surface area contributed by atoms with E-state index in [2.05, 4.69) is 17.4 Å². The smallest absolute Gasteiger partial charge is 0.119 e. The minimum absolute atomic E-state index is 0.406. The number of hydrogen-bond donors (Lipinski definition) is 1. The topological polar surface area (TPSA) is 38.3 Å². The quantitative estimate of drug-likeness (QED) is 0.887. The standard InChI is InChI=1S/C14H21NO2S/c1-17-12-6-7-13-11(10-12)4-3-5-14(13)15-8-9-18(2)16/h6-7,10,14-15H,3-5,8-9H2,1-2H3. The first kappa shape index (κ1) is 13.6. The van der Waals surface area contributed by atoms with Crippen molar-refractivity contribution < 1.29 is 8.95 Å². The van der Waals surface area contributed by atoms with Gasteiger partial charge in [0.1, 0.15) is 5.75 Å². The fourth-order valence-electron chi connectivity index (χ4n) is 2.51. The van der Waals surface area contributed by atoms with Crippen LogP contribution >= 0.6 is 0 Å². The Kier molecular flexibility index (Phi) is 4.78. The normalized spacial score (nSPS) is 20.2. The van der Waals surface area contributed by atoms with E-state index in [1.165, 1.54) is 17.5 Å². The summed E-state index contributed by atoms with van der Waals surface area (Å²) in [7, 11) is 0.990. The van der Waals surface area contributed by atoms with Crippen LogP contribution in [0.2, 0.25) is 0 Å². The number of fused-ring (bicyclic) bond motifs is 1. The summed E-state index contributed by atoms with van der Waals surface area (Å²) in [5.41, 5.74) is 2.76. The van der Waals surface area contributed by atoms with E-state index < -0.39 is 10.8 Å². The molecule has 0 aromatic heterocycles. The Labute approximate surface area is 111 Å². The van der Waals surface area contributed by atoms with E-state index >= 15 is 0 Å². The molecule has 100 valence electrons. The first-order valence-corrected chi connectivity index (χ1v) is 8.13. The fourth-order valence-corrected chi connectivity index (χ4v) is 2.91. The van der Waals surface area contributed by atoms with Gasteiger partial charge < -0.3 is 10.1 Å². The zero-order chi connectivity index (χ0) is 13.0. The van der Waals surface area contributed by atoms with Gasteiger partial charge in [-0.25, -0.2) is 0 Å². The molecule has 18 heavy (non-hydrogen) atoms. The third-order valence-corrected chi connectivity index (χ3v) is 4.22. The van der Waals surface area contributed by atoms with Crippen molar-refractivity contribution in [1.82, 2.24) is 5.32 Å². The van der Waals surface area contributed by atoms with E-state index in [4.69, 9.17) is 4.74 Å². The summed E-state index contributed by atoms with van der Waals surface area (Å²) in [5.74, 6) is 1.66. The van der Waals surface area contributed by atoms with E-state index in [-0.39, 0.29) is 0 Å². The molecule has 1 N–H and O–H groups in total. The van der Waals surface area contributed by atoms with E-state index in [1.807, 2.05) is 6.07 Å². The summed E-state index contributed by atoms with van der Waals surface area (Å²) in [6.07, 6.45) is 5.24. The molecule has 0 fully saturated rings. The first-order valence-electron chi connectivity index (χ1n) is 6.41. The number of hydrogen-bond acceptors (Lipinski definition) is 3. The van der Waals surface area contributed by atoms with E-state index in [0.717, 1.165) is 30.9 Å². The fraction of sp³-hybridized carbons (Fsp3) is 0.571. The van der Waals surface area contributed by atoms with E-state index in [1.54, 1.807) is 13.4 Å². The Morgan fingerprint density at radius 2 is 2.33 bits per heavy atom. The van der Waals surface area contributed by atoms with Gasteiger partial charge in [-0.1, -0.05) is 6.07 Å². The molecule has 0 bridgehead atoms. The van der Waals surface area contributed by atoms with Crippen LogP contribution in [0, 0.1) is 0 Å². The van der Waals surface area contributed by atoms with Crippen LogP contribution in [0.3, 0.4) is 0 Å². The molecule has 0 saturated carbocycles. The highest BCUT2D eigenvalue weighted by Gasteiger charge is 2.19. The molecule has 0 spiro atoms. The average Bonchev–Trinajstić information content (AvgIpc) is 2.38. The maximum atomic E-state index is 11.1. The van der Waals surface area contributed by atoms with Gasteiger partial charge in [0.05, 0.1) is 7.11 Å². The van der Waals surface area contributed by atoms with Crippen molar-refractivity contribution in [2.75, 3.05) is 25.7 Å². The second-order valence-corrected chi connectivity index (χ2v) is 6.30. The molecule has 0 saturated heterocycles. The van der Waals surface area contributed by atoms with Gasteiger partial charge in [0.2, 0.25) is 0 Å². The predicted octanol–water partition coefficient (Wildman–Crippen LogP) is 2.04. The van der Waals surface area contributed by atoms with Crippen LogP contribution in [0.5, 0.6) is 5.75 Å². The minimum Gasteiger partial charge on any atom is -0.497 e. The molecule has 0 heterocycles. The van der Waals surface area contributed by atoms with Gasteiger partial charge in [-0.15, -0.1) is 0 Å². The van der Waals surface area contributed by atoms with Crippen molar-refractivity contribution in [1.29, 1.82) is 0 Å². The summed E-state index contributed by atoms with van der Waals surface area (Å²) in [6, 6.07) is 6.73. The molecule has 0 aliphatic heterocycles. The molecule has 0 amide bonds. The van der Waals surface area contributed by atoms with Crippen molar-refractivity contribution in [2.24, 2.45) is 0 Å². The molecule has 4 heteroatoms. The zero-order valence-corrected chi connectivity index (χ0v) is 11.9.